The molecule has 0 spiro atoms. The second kappa shape index (κ2) is 5.54. The number of rotatable bonds is 3. The Labute approximate surface area is 106 Å². The maximum atomic E-state index is 11.9. The van der Waals surface area contributed by atoms with E-state index in [2.05, 4.69) is 10.8 Å². The number of nitrogens with one attached hydrogen (secondary N) is 1. The summed E-state index contributed by atoms with van der Waals surface area (Å²) in [5.74, 6) is 0. The molecule has 0 amide bonds. The van der Waals surface area contributed by atoms with E-state index in [-0.39, 0.29) is 10.8 Å². The highest BCUT2D eigenvalue weighted by Crippen LogP contribution is 2.20. The van der Waals surface area contributed by atoms with Crippen LogP contribution in [-0.2, 0) is 11.4 Å². The van der Waals surface area contributed by atoms with Crippen LogP contribution in [0.5, 0.6) is 0 Å². The molecule has 0 aliphatic heterocycles. The molecule has 0 saturated heterocycles. The van der Waals surface area contributed by atoms with Crippen LogP contribution in [0.3, 0.4) is 0 Å². The fraction of sp³-hybridized carbons (Fsp3) is 0.462. The van der Waals surface area contributed by atoms with Gasteiger partial charge in [0.15, 0.2) is 0 Å². The molecule has 3 nitrogen and oxygen atoms in total. The molecule has 0 aromatic heterocycles. The Hall–Kier alpha value is -1.02. The Morgan fingerprint density at radius 1 is 1.41 bits per heavy atom. The Balaban J connectivity index is 2.77. The lowest BCUT2D eigenvalue weighted by molar-refractivity contribution is 0.531. The van der Waals surface area contributed by atoms with E-state index in [1.54, 1.807) is 6.07 Å². The van der Waals surface area contributed by atoms with Gasteiger partial charge in [-0.3, -0.25) is 0 Å². The molecule has 1 aromatic carbocycles. The first kappa shape index (κ1) is 14.0. The van der Waals surface area contributed by atoms with Crippen LogP contribution < -0.4 is 4.72 Å². The summed E-state index contributed by atoms with van der Waals surface area (Å²) in [7, 11) is 0. The molecule has 0 aliphatic carbocycles. The zero-order chi connectivity index (χ0) is 13.1. The largest absolute Gasteiger partial charge is 0.598 e. The number of nitriles is 1. The summed E-state index contributed by atoms with van der Waals surface area (Å²) < 4.78 is 14.7. The van der Waals surface area contributed by atoms with E-state index in [9.17, 15) is 4.55 Å². The van der Waals surface area contributed by atoms with Gasteiger partial charge in [-0.1, -0.05) is 12.1 Å². The lowest BCUT2D eigenvalue weighted by atomic mass is 10.1. The summed E-state index contributed by atoms with van der Waals surface area (Å²) in [6, 6.07) is 9.41. The van der Waals surface area contributed by atoms with Gasteiger partial charge in [-0.25, -0.2) is 0 Å². The SMILES string of the molecule is C[C@@H](N[S+]([O-])C(C)(C)C)c1cccc(C#N)c1. The van der Waals surface area contributed by atoms with E-state index < -0.39 is 11.4 Å². The van der Waals surface area contributed by atoms with Gasteiger partial charge in [-0.2, -0.15) is 5.26 Å². The molecule has 0 aliphatic rings. The van der Waals surface area contributed by atoms with Crippen LogP contribution in [-0.4, -0.2) is 9.30 Å². The average Bonchev–Trinajstić information content (AvgIpc) is 2.27. The van der Waals surface area contributed by atoms with E-state index >= 15 is 0 Å². The minimum atomic E-state index is -1.11. The summed E-state index contributed by atoms with van der Waals surface area (Å²) in [6.07, 6.45) is 0. The number of hydrogen-bond donors (Lipinski definition) is 1. The average molecular weight is 250 g/mol. The van der Waals surface area contributed by atoms with Crippen molar-refractivity contribution in [2.75, 3.05) is 0 Å². The van der Waals surface area contributed by atoms with Crippen LogP contribution in [0.4, 0.5) is 0 Å². The third-order valence-electron chi connectivity index (χ3n) is 2.36. The molecule has 0 radical (unpaired) electrons. The molecule has 92 valence electrons. The minimum Gasteiger partial charge on any atom is -0.598 e. The number of benzene rings is 1. The Morgan fingerprint density at radius 3 is 2.59 bits per heavy atom. The predicted octanol–water partition coefficient (Wildman–Crippen LogP) is 2.67. The van der Waals surface area contributed by atoms with Gasteiger partial charge in [0.05, 0.1) is 17.7 Å². The van der Waals surface area contributed by atoms with Crippen molar-refractivity contribution in [1.29, 1.82) is 5.26 Å². The molecule has 1 unspecified atom stereocenters. The molecule has 0 saturated carbocycles. The van der Waals surface area contributed by atoms with Crippen LogP contribution in [0, 0.1) is 11.3 Å². The smallest absolute Gasteiger partial charge is 0.136 e. The highest BCUT2D eigenvalue weighted by Gasteiger charge is 2.28. The highest BCUT2D eigenvalue weighted by molar-refractivity contribution is 7.90. The van der Waals surface area contributed by atoms with Gasteiger partial charge >= 0.3 is 0 Å². The fourth-order valence-electron chi connectivity index (χ4n) is 1.28. The second-order valence-electron chi connectivity index (χ2n) is 4.96. The highest BCUT2D eigenvalue weighted by atomic mass is 32.2. The number of hydrogen-bond acceptors (Lipinski definition) is 3. The summed E-state index contributed by atoms with van der Waals surface area (Å²) in [4.78, 5) is 0. The van der Waals surface area contributed by atoms with Crippen molar-refractivity contribution in [3.05, 3.63) is 35.4 Å². The van der Waals surface area contributed by atoms with Gasteiger partial charge < -0.3 is 4.55 Å². The van der Waals surface area contributed by atoms with Crippen molar-refractivity contribution in [3.8, 4) is 6.07 Å². The predicted molar refractivity (Wildman–Crippen MR) is 70.6 cm³/mol. The third kappa shape index (κ3) is 4.04. The Bertz CT molecular complexity index is 420. The quantitative estimate of drug-likeness (QED) is 0.839. The molecular weight excluding hydrogens is 232 g/mol. The Morgan fingerprint density at radius 2 is 2.06 bits per heavy atom. The lowest BCUT2D eigenvalue weighted by Gasteiger charge is -2.26. The van der Waals surface area contributed by atoms with Gasteiger partial charge in [0.25, 0.3) is 0 Å². The van der Waals surface area contributed by atoms with E-state index in [0.717, 1.165) is 5.56 Å². The summed E-state index contributed by atoms with van der Waals surface area (Å²) in [5, 5.41) is 8.82. The van der Waals surface area contributed by atoms with Crippen molar-refractivity contribution in [2.24, 2.45) is 0 Å². The monoisotopic (exact) mass is 250 g/mol. The maximum absolute atomic E-state index is 11.9. The van der Waals surface area contributed by atoms with E-state index in [0.29, 0.717) is 5.56 Å². The lowest BCUT2D eigenvalue weighted by Crippen LogP contribution is -2.40. The second-order valence-corrected chi connectivity index (χ2v) is 6.96. The van der Waals surface area contributed by atoms with Crippen molar-refractivity contribution < 1.29 is 4.55 Å². The van der Waals surface area contributed by atoms with Gasteiger partial charge in [-0.15, -0.1) is 4.72 Å². The van der Waals surface area contributed by atoms with Gasteiger partial charge in [-0.05, 0) is 45.4 Å². The topological polar surface area (TPSA) is 58.9 Å². The first-order valence-corrected chi connectivity index (χ1v) is 6.67. The fourth-order valence-corrected chi connectivity index (χ4v) is 2.09. The molecule has 1 aromatic rings. The zero-order valence-corrected chi connectivity index (χ0v) is 11.5. The molecular formula is C13H18N2OS. The van der Waals surface area contributed by atoms with Crippen LogP contribution in [0.2, 0.25) is 0 Å². The van der Waals surface area contributed by atoms with Crippen molar-refractivity contribution in [2.45, 2.75) is 38.5 Å². The molecule has 1 N–H and O–H groups in total. The summed E-state index contributed by atoms with van der Waals surface area (Å²) in [6.45, 7) is 7.72. The van der Waals surface area contributed by atoms with Crippen LogP contribution >= 0.6 is 0 Å². The zero-order valence-electron chi connectivity index (χ0n) is 10.7. The first-order chi connectivity index (χ1) is 7.84. The first-order valence-electron chi connectivity index (χ1n) is 5.52. The van der Waals surface area contributed by atoms with E-state index in [4.69, 9.17) is 5.26 Å². The molecule has 2 atom stereocenters. The van der Waals surface area contributed by atoms with Crippen molar-refractivity contribution in [1.82, 2.24) is 4.72 Å². The normalized spacial score (nSPS) is 15.1. The molecule has 0 bridgehead atoms. The molecule has 17 heavy (non-hydrogen) atoms. The van der Waals surface area contributed by atoms with Gasteiger partial charge in [0, 0.05) is 11.4 Å². The summed E-state index contributed by atoms with van der Waals surface area (Å²) >= 11 is -1.11. The molecule has 4 heteroatoms. The van der Waals surface area contributed by atoms with Gasteiger partial charge in [0.1, 0.15) is 4.75 Å². The Kier molecular flexibility index (Phi) is 4.58. The maximum Gasteiger partial charge on any atom is 0.136 e. The van der Waals surface area contributed by atoms with Crippen LogP contribution in [0.1, 0.15) is 44.9 Å². The van der Waals surface area contributed by atoms with Gasteiger partial charge in [0.2, 0.25) is 0 Å². The molecule has 0 heterocycles. The third-order valence-corrected chi connectivity index (χ3v) is 4.04. The van der Waals surface area contributed by atoms with Crippen LogP contribution in [0.15, 0.2) is 24.3 Å². The minimum absolute atomic E-state index is 0.0386. The molecule has 1 rings (SSSR count). The van der Waals surface area contributed by atoms with Crippen molar-refractivity contribution >= 4 is 11.4 Å². The van der Waals surface area contributed by atoms with E-state index in [1.165, 1.54) is 0 Å². The van der Waals surface area contributed by atoms with E-state index in [1.807, 2.05) is 45.9 Å². The van der Waals surface area contributed by atoms with Crippen LogP contribution in [0.25, 0.3) is 0 Å². The standard InChI is InChI=1S/C13H18N2OS/c1-10(15-17(16)13(2,3)4)12-7-5-6-11(8-12)9-14/h5-8,10,15H,1-4H3/t10-,17?/m1/s1. The van der Waals surface area contributed by atoms with Crippen molar-refractivity contribution in [3.63, 3.8) is 0 Å². The number of nitrogens with zero attached hydrogens (tertiary/aromatic N) is 1. The summed E-state index contributed by atoms with van der Waals surface area (Å²) in [5.41, 5.74) is 1.60. The molecule has 0 fully saturated rings.